The second-order valence-corrected chi connectivity index (χ2v) is 7.97. The standard InChI is InChI=1S/C26H19BrN2O4/c27-22-10-7-20(8-11-22)26(31)33-23-12-5-18(6-13-23)16-28-29-25(30)17-32-24-14-9-19-3-1-2-4-21(19)15-24/h1-16H,17H2,(H,29,30)/b28-16+. The lowest BCUT2D eigenvalue weighted by Crippen LogP contribution is -2.24. The number of ether oxygens (including phenoxy) is 2. The minimum absolute atomic E-state index is 0.152. The number of nitrogens with zero attached hydrogens (tertiary/aromatic N) is 1. The molecular weight excluding hydrogens is 484 g/mol. The highest BCUT2D eigenvalue weighted by atomic mass is 79.9. The summed E-state index contributed by atoms with van der Waals surface area (Å²) in [7, 11) is 0. The summed E-state index contributed by atoms with van der Waals surface area (Å²) in [5, 5.41) is 6.08. The van der Waals surface area contributed by atoms with Crippen molar-refractivity contribution in [2.75, 3.05) is 6.61 Å². The number of carbonyl (C=O) groups excluding carboxylic acids is 2. The largest absolute Gasteiger partial charge is 0.484 e. The molecule has 164 valence electrons. The molecule has 0 aliphatic rings. The van der Waals surface area contributed by atoms with Gasteiger partial charge < -0.3 is 9.47 Å². The maximum Gasteiger partial charge on any atom is 0.343 e. The van der Waals surface area contributed by atoms with Crippen LogP contribution in [0.4, 0.5) is 0 Å². The van der Waals surface area contributed by atoms with E-state index in [1.54, 1.807) is 48.5 Å². The molecule has 0 bridgehead atoms. The van der Waals surface area contributed by atoms with Gasteiger partial charge in [-0.1, -0.05) is 46.3 Å². The van der Waals surface area contributed by atoms with Crippen LogP contribution in [0.25, 0.3) is 10.8 Å². The van der Waals surface area contributed by atoms with E-state index in [0.717, 1.165) is 20.8 Å². The van der Waals surface area contributed by atoms with Gasteiger partial charge in [0.2, 0.25) is 0 Å². The number of halogens is 1. The number of esters is 1. The molecule has 6 nitrogen and oxygen atoms in total. The fraction of sp³-hybridized carbons (Fsp3) is 0.0385. The molecule has 4 aromatic carbocycles. The Morgan fingerprint density at radius 1 is 0.848 bits per heavy atom. The Labute approximate surface area is 199 Å². The van der Waals surface area contributed by atoms with Gasteiger partial charge in [-0.3, -0.25) is 4.79 Å². The van der Waals surface area contributed by atoms with E-state index >= 15 is 0 Å². The minimum atomic E-state index is -0.442. The molecule has 1 amide bonds. The Morgan fingerprint density at radius 2 is 1.55 bits per heavy atom. The Morgan fingerprint density at radius 3 is 2.30 bits per heavy atom. The Bertz CT molecular complexity index is 1300. The van der Waals surface area contributed by atoms with E-state index in [-0.39, 0.29) is 12.5 Å². The lowest BCUT2D eigenvalue weighted by Gasteiger charge is -2.06. The van der Waals surface area contributed by atoms with Crippen LogP contribution in [0.3, 0.4) is 0 Å². The molecule has 4 aromatic rings. The number of hydrazone groups is 1. The summed E-state index contributed by atoms with van der Waals surface area (Å²) < 4.78 is 11.8. The van der Waals surface area contributed by atoms with E-state index in [2.05, 4.69) is 26.5 Å². The van der Waals surface area contributed by atoms with E-state index in [1.807, 2.05) is 42.5 Å². The third-order valence-corrected chi connectivity index (χ3v) is 5.19. The van der Waals surface area contributed by atoms with Crippen LogP contribution in [0.15, 0.2) is 101 Å². The molecule has 0 aliphatic carbocycles. The first-order valence-corrected chi connectivity index (χ1v) is 10.9. The number of rotatable bonds is 7. The number of carbonyl (C=O) groups is 2. The van der Waals surface area contributed by atoms with Crippen molar-refractivity contribution >= 4 is 44.8 Å². The summed E-state index contributed by atoms with van der Waals surface area (Å²) in [5.74, 6) is 0.205. The van der Waals surface area contributed by atoms with Crippen LogP contribution in [0.1, 0.15) is 15.9 Å². The zero-order chi connectivity index (χ0) is 23.0. The minimum Gasteiger partial charge on any atom is -0.484 e. The highest BCUT2D eigenvalue weighted by Gasteiger charge is 2.08. The predicted molar refractivity (Wildman–Crippen MR) is 131 cm³/mol. The molecule has 1 N–H and O–H groups in total. The fourth-order valence-electron chi connectivity index (χ4n) is 2.99. The van der Waals surface area contributed by atoms with Crippen LogP contribution >= 0.6 is 15.9 Å². The maximum atomic E-state index is 12.2. The second kappa shape index (κ2) is 10.6. The second-order valence-electron chi connectivity index (χ2n) is 7.06. The van der Waals surface area contributed by atoms with E-state index in [1.165, 1.54) is 6.21 Å². The van der Waals surface area contributed by atoms with Crippen molar-refractivity contribution in [1.82, 2.24) is 5.43 Å². The zero-order valence-corrected chi connectivity index (χ0v) is 19.0. The van der Waals surface area contributed by atoms with Crippen LogP contribution in [0, 0.1) is 0 Å². The SMILES string of the molecule is O=C(COc1ccc2ccccc2c1)N/N=C/c1ccc(OC(=O)c2ccc(Br)cc2)cc1. The molecule has 0 radical (unpaired) electrons. The summed E-state index contributed by atoms with van der Waals surface area (Å²) in [6, 6.07) is 27.3. The van der Waals surface area contributed by atoms with Crippen molar-refractivity contribution in [1.29, 1.82) is 0 Å². The normalized spacial score (nSPS) is 10.8. The fourth-order valence-corrected chi connectivity index (χ4v) is 3.26. The molecular formula is C26H19BrN2O4. The van der Waals surface area contributed by atoms with E-state index in [0.29, 0.717) is 17.1 Å². The number of amides is 1. The topological polar surface area (TPSA) is 77.0 Å². The van der Waals surface area contributed by atoms with Gasteiger partial charge in [-0.2, -0.15) is 5.10 Å². The first-order valence-electron chi connectivity index (χ1n) is 10.1. The number of hydrogen-bond acceptors (Lipinski definition) is 5. The van der Waals surface area contributed by atoms with Gasteiger partial charge in [0.1, 0.15) is 11.5 Å². The Kier molecular flexibility index (Phi) is 7.12. The van der Waals surface area contributed by atoms with Gasteiger partial charge in [0.05, 0.1) is 11.8 Å². The third-order valence-electron chi connectivity index (χ3n) is 4.66. The number of benzene rings is 4. The van der Waals surface area contributed by atoms with Gasteiger partial charge in [0.15, 0.2) is 6.61 Å². The molecule has 0 saturated heterocycles. The molecule has 0 spiro atoms. The highest BCUT2D eigenvalue weighted by Crippen LogP contribution is 2.20. The highest BCUT2D eigenvalue weighted by molar-refractivity contribution is 9.10. The molecule has 0 aliphatic heterocycles. The molecule has 0 saturated carbocycles. The van der Waals surface area contributed by atoms with Gasteiger partial charge in [0.25, 0.3) is 5.91 Å². The number of fused-ring (bicyclic) bond motifs is 1. The quantitative estimate of drug-likeness (QED) is 0.160. The van der Waals surface area contributed by atoms with Gasteiger partial charge in [0, 0.05) is 4.47 Å². The van der Waals surface area contributed by atoms with E-state index in [9.17, 15) is 9.59 Å². The summed E-state index contributed by atoms with van der Waals surface area (Å²) in [6.45, 7) is -0.152. The van der Waals surface area contributed by atoms with Crippen molar-refractivity contribution in [3.63, 3.8) is 0 Å². The third kappa shape index (κ3) is 6.27. The van der Waals surface area contributed by atoms with Crippen LogP contribution in [-0.2, 0) is 4.79 Å². The molecule has 0 fully saturated rings. The number of hydrogen-bond donors (Lipinski definition) is 1. The first-order chi connectivity index (χ1) is 16.1. The van der Waals surface area contributed by atoms with Crippen molar-refractivity contribution in [3.05, 3.63) is 107 Å². The molecule has 4 rings (SSSR count). The van der Waals surface area contributed by atoms with Gasteiger partial charge in [-0.25, -0.2) is 10.2 Å². The summed E-state index contributed by atoms with van der Waals surface area (Å²) in [6.07, 6.45) is 1.49. The van der Waals surface area contributed by atoms with Gasteiger partial charge in [-0.15, -0.1) is 0 Å². The predicted octanol–water partition coefficient (Wildman–Crippen LogP) is 5.35. The van der Waals surface area contributed by atoms with Crippen molar-refractivity contribution in [3.8, 4) is 11.5 Å². The van der Waals surface area contributed by atoms with Gasteiger partial charge >= 0.3 is 5.97 Å². The number of nitrogens with one attached hydrogen (secondary N) is 1. The van der Waals surface area contributed by atoms with Crippen molar-refractivity contribution in [2.45, 2.75) is 0 Å². The average Bonchev–Trinajstić information content (AvgIpc) is 2.84. The molecule has 0 aromatic heterocycles. The lowest BCUT2D eigenvalue weighted by atomic mass is 10.1. The van der Waals surface area contributed by atoms with Gasteiger partial charge in [-0.05, 0) is 77.0 Å². The molecule has 33 heavy (non-hydrogen) atoms. The van der Waals surface area contributed by atoms with E-state index < -0.39 is 5.97 Å². The molecule has 0 atom stereocenters. The molecule has 0 heterocycles. The molecule has 7 heteroatoms. The smallest absolute Gasteiger partial charge is 0.343 e. The van der Waals surface area contributed by atoms with Crippen LogP contribution in [0.2, 0.25) is 0 Å². The van der Waals surface area contributed by atoms with Crippen LogP contribution < -0.4 is 14.9 Å². The average molecular weight is 503 g/mol. The lowest BCUT2D eigenvalue weighted by molar-refractivity contribution is -0.123. The van der Waals surface area contributed by atoms with E-state index in [4.69, 9.17) is 9.47 Å². The summed E-state index contributed by atoms with van der Waals surface area (Å²) in [4.78, 5) is 24.2. The summed E-state index contributed by atoms with van der Waals surface area (Å²) >= 11 is 3.33. The van der Waals surface area contributed by atoms with Crippen molar-refractivity contribution in [2.24, 2.45) is 5.10 Å². The van der Waals surface area contributed by atoms with Crippen molar-refractivity contribution < 1.29 is 19.1 Å². The monoisotopic (exact) mass is 502 g/mol. The maximum absolute atomic E-state index is 12.2. The Balaban J connectivity index is 1.25. The van der Waals surface area contributed by atoms with Crippen LogP contribution in [-0.4, -0.2) is 24.7 Å². The molecule has 0 unspecified atom stereocenters. The van der Waals surface area contributed by atoms with Crippen LogP contribution in [0.5, 0.6) is 11.5 Å². The zero-order valence-electron chi connectivity index (χ0n) is 17.4. The Hall–Kier alpha value is -3.97. The summed E-state index contributed by atoms with van der Waals surface area (Å²) in [5.41, 5.74) is 3.61. The first kappa shape index (κ1) is 22.2.